The van der Waals surface area contributed by atoms with E-state index in [1.807, 2.05) is 13.8 Å². The number of benzene rings is 1. The van der Waals surface area contributed by atoms with Gasteiger partial charge in [-0.2, -0.15) is 18.9 Å². The van der Waals surface area contributed by atoms with E-state index in [1.54, 1.807) is 41.3 Å². The van der Waals surface area contributed by atoms with Gasteiger partial charge in [-0.1, -0.05) is 19.9 Å². The number of halogens is 2. The van der Waals surface area contributed by atoms with E-state index in [0.29, 0.717) is 11.1 Å². The lowest BCUT2D eigenvalue weighted by molar-refractivity contribution is 0.282. The summed E-state index contributed by atoms with van der Waals surface area (Å²) in [5.41, 5.74) is 1.87. The van der Waals surface area contributed by atoms with E-state index in [0.717, 1.165) is 11.8 Å². The molecule has 120 valence electrons. The molecule has 2 heterocycles. The Morgan fingerprint density at radius 3 is 2.43 bits per heavy atom. The first kappa shape index (κ1) is 16.8. The van der Waals surface area contributed by atoms with Gasteiger partial charge in [-0.25, -0.2) is 4.68 Å². The second-order valence-electron chi connectivity index (χ2n) is 4.42. The first-order valence-electron chi connectivity index (χ1n) is 7.25. The number of rotatable bonds is 3. The lowest BCUT2D eigenvalue weighted by atomic mass is 10.0. The third-order valence-electron chi connectivity index (χ3n) is 3.13. The van der Waals surface area contributed by atoms with Crippen LogP contribution in [0.5, 0.6) is 0 Å². The summed E-state index contributed by atoms with van der Waals surface area (Å²) in [5, 5.41) is 13.6. The average Bonchev–Trinajstić information content (AvgIpc) is 3.11. The minimum absolute atomic E-state index is 0.146. The van der Waals surface area contributed by atoms with Crippen LogP contribution in [0.3, 0.4) is 0 Å². The molecular formula is C17H17F2N3O. The van der Waals surface area contributed by atoms with E-state index in [1.165, 1.54) is 6.07 Å². The van der Waals surface area contributed by atoms with Crippen molar-refractivity contribution in [1.29, 1.82) is 0 Å². The zero-order valence-electron chi connectivity index (χ0n) is 12.9. The fourth-order valence-electron chi connectivity index (χ4n) is 2.15. The van der Waals surface area contributed by atoms with Crippen LogP contribution in [0.25, 0.3) is 16.8 Å². The van der Waals surface area contributed by atoms with Crippen LogP contribution < -0.4 is 0 Å². The number of aliphatic hydroxyl groups is 1. The predicted octanol–water partition coefficient (Wildman–Crippen LogP) is 3.73. The second-order valence-corrected chi connectivity index (χ2v) is 4.42. The molecule has 0 spiro atoms. The quantitative estimate of drug-likeness (QED) is 0.749. The summed E-state index contributed by atoms with van der Waals surface area (Å²) in [6.07, 6.45) is 3.40. The molecule has 6 heteroatoms. The molecule has 0 bridgehead atoms. The molecule has 0 atom stereocenters. The topological polar surface area (TPSA) is 50.9 Å². The Hall–Kier alpha value is -2.60. The monoisotopic (exact) mass is 317 g/mol. The maximum Gasteiger partial charge on any atom is 0.223 e. The lowest BCUT2D eigenvalue weighted by Crippen LogP contribution is -2.00. The summed E-state index contributed by atoms with van der Waals surface area (Å²) in [4.78, 5) is 3.17. The van der Waals surface area contributed by atoms with Gasteiger partial charge in [0.05, 0.1) is 12.3 Å². The highest BCUT2D eigenvalue weighted by atomic mass is 19.1. The maximum absolute atomic E-state index is 13.8. The number of hydrogen-bond donors (Lipinski definition) is 1. The molecule has 23 heavy (non-hydrogen) atoms. The van der Waals surface area contributed by atoms with Crippen molar-refractivity contribution in [2.24, 2.45) is 0 Å². The summed E-state index contributed by atoms with van der Waals surface area (Å²) >= 11 is 0. The maximum atomic E-state index is 13.8. The SMILES string of the molecule is CC.OCc1cc(-n2cccn2)ccc1-c1ccc(F)nc1F. The molecule has 0 radical (unpaired) electrons. The van der Waals surface area contributed by atoms with E-state index in [9.17, 15) is 13.9 Å². The van der Waals surface area contributed by atoms with Gasteiger partial charge < -0.3 is 5.11 Å². The molecule has 0 aliphatic rings. The van der Waals surface area contributed by atoms with Gasteiger partial charge in [-0.15, -0.1) is 0 Å². The van der Waals surface area contributed by atoms with E-state index >= 15 is 0 Å². The molecule has 1 N–H and O–H groups in total. The van der Waals surface area contributed by atoms with Crippen LogP contribution in [0.1, 0.15) is 19.4 Å². The minimum Gasteiger partial charge on any atom is -0.392 e. The van der Waals surface area contributed by atoms with Crippen molar-refractivity contribution >= 4 is 0 Å². The fraction of sp³-hybridized carbons (Fsp3) is 0.176. The molecular weight excluding hydrogens is 300 g/mol. The fourth-order valence-corrected chi connectivity index (χ4v) is 2.15. The summed E-state index contributed by atoms with van der Waals surface area (Å²) in [6.45, 7) is 3.72. The molecule has 3 aromatic rings. The molecule has 4 nitrogen and oxygen atoms in total. The first-order chi connectivity index (χ1) is 11.2. The van der Waals surface area contributed by atoms with Crippen LogP contribution >= 0.6 is 0 Å². The van der Waals surface area contributed by atoms with Crippen molar-refractivity contribution in [3.63, 3.8) is 0 Å². The number of aliphatic hydroxyl groups excluding tert-OH is 1. The van der Waals surface area contributed by atoms with Gasteiger partial charge in [0.15, 0.2) is 0 Å². The summed E-state index contributed by atoms with van der Waals surface area (Å²) in [7, 11) is 0. The van der Waals surface area contributed by atoms with E-state index < -0.39 is 11.9 Å². The van der Waals surface area contributed by atoms with Crippen LogP contribution in [-0.4, -0.2) is 19.9 Å². The molecule has 0 aliphatic carbocycles. The third-order valence-corrected chi connectivity index (χ3v) is 3.13. The van der Waals surface area contributed by atoms with Crippen LogP contribution in [0, 0.1) is 11.9 Å². The van der Waals surface area contributed by atoms with Gasteiger partial charge in [-0.3, -0.25) is 0 Å². The van der Waals surface area contributed by atoms with E-state index in [-0.39, 0.29) is 12.2 Å². The van der Waals surface area contributed by atoms with Gasteiger partial charge >= 0.3 is 0 Å². The number of pyridine rings is 1. The Morgan fingerprint density at radius 2 is 1.83 bits per heavy atom. The Bertz CT molecular complexity index is 774. The molecule has 0 unspecified atom stereocenters. The molecule has 0 amide bonds. The summed E-state index contributed by atoms with van der Waals surface area (Å²) in [6, 6.07) is 9.26. The highest BCUT2D eigenvalue weighted by Crippen LogP contribution is 2.27. The van der Waals surface area contributed by atoms with E-state index in [2.05, 4.69) is 10.1 Å². The minimum atomic E-state index is -0.906. The molecule has 0 saturated heterocycles. The van der Waals surface area contributed by atoms with Crippen LogP contribution in [-0.2, 0) is 6.61 Å². The average molecular weight is 317 g/mol. The number of aromatic nitrogens is 3. The standard InChI is InChI=1S/C15H11F2N3O.C2H6/c16-14-5-4-13(15(17)19-14)12-3-2-11(8-10(12)9-21)20-7-1-6-18-20;1-2/h1-8,21H,9H2;1-2H3. The van der Waals surface area contributed by atoms with Crippen molar-refractivity contribution in [3.8, 4) is 16.8 Å². The highest BCUT2D eigenvalue weighted by Gasteiger charge is 2.12. The Balaban J connectivity index is 0.000000924. The number of nitrogens with zero attached hydrogens (tertiary/aromatic N) is 3. The second kappa shape index (κ2) is 7.60. The van der Waals surface area contributed by atoms with Crippen molar-refractivity contribution in [3.05, 3.63) is 66.3 Å². The van der Waals surface area contributed by atoms with Gasteiger partial charge in [-0.05, 0) is 41.5 Å². The third kappa shape index (κ3) is 3.60. The summed E-state index contributed by atoms with van der Waals surface area (Å²) < 4.78 is 28.3. The van der Waals surface area contributed by atoms with Crippen LogP contribution in [0.4, 0.5) is 8.78 Å². The Morgan fingerprint density at radius 1 is 1.09 bits per heavy atom. The molecule has 0 aliphatic heterocycles. The Kier molecular flexibility index (Phi) is 5.54. The summed E-state index contributed by atoms with van der Waals surface area (Å²) in [5.74, 6) is -1.79. The Labute approximate surface area is 133 Å². The highest BCUT2D eigenvalue weighted by molar-refractivity contribution is 5.68. The predicted molar refractivity (Wildman–Crippen MR) is 84.0 cm³/mol. The van der Waals surface area contributed by atoms with Crippen molar-refractivity contribution in [2.45, 2.75) is 20.5 Å². The van der Waals surface area contributed by atoms with Gasteiger partial charge in [0.1, 0.15) is 0 Å². The zero-order valence-corrected chi connectivity index (χ0v) is 12.9. The lowest BCUT2D eigenvalue weighted by Gasteiger charge is -2.11. The molecule has 3 rings (SSSR count). The van der Waals surface area contributed by atoms with Crippen molar-refractivity contribution in [2.75, 3.05) is 0 Å². The van der Waals surface area contributed by atoms with Gasteiger partial charge in [0.25, 0.3) is 0 Å². The van der Waals surface area contributed by atoms with Gasteiger partial charge in [0.2, 0.25) is 11.9 Å². The molecule has 2 aromatic heterocycles. The molecule has 0 saturated carbocycles. The largest absolute Gasteiger partial charge is 0.392 e. The first-order valence-corrected chi connectivity index (χ1v) is 7.25. The smallest absolute Gasteiger partial charge is 0.223 e. The normalized spacial score (nSPS) is 10.1. The van der Waals surface area contributed by atoms with Gasteiger partial charge in [0, 0.05) is 18.0 Å². The molecule has 1 aromatic carbocycles. The van der Waals surface area contributed by atoms with E-state index in [4.69, 9.17) is 0 Å². The molecule has 0 fully saturated rings. The van der Waals surface area contributed by atoms with Crippen LogP contribution in [0.15, 0.2) is 48.8 Å². The van der Waals surface area contributed by atoms with Crippen molar-refractivity contribution in [1.82, 2.24) is 14.8 Å². The zero-order chi connectivity index (χ0) is 16.8. The van der Waals surface area contributed by atoms with Crippen LogP contribution in [0.2, 0.25) is 0 Å². The van der Waals surface area contributed by atoms with Crippen molar-refractivity contribution < 1.29 is 13.9 Å². The number of hydrogen-bond acceptors (Lipinski definition) is 3.